The molecule has 21 heavy (non-hydrogen) atoms. The van der Waals surface area contributed by atoms with Crippen molar-refractivity contribution in [2.45, 2.75) is 39.7 Å². The van der Waals surface area contributed by atoms with Crippen LogP contribution < -0.4 is 15.2 Å². The molecule has 0 amide bonds. The first-order chi connectivity index (χ1) is 10.2. The number of nitrogens with zero attached hydrogens (tertiary/aromatic N) is 1. The van der Waals surface area contributed by atoms with Gasteiger partial charge in [-0.15, -0.1) is 0 Å². The first kappa shape index (κ1) is 16.1. The lowest BCUT2D eigenvalue weighted by molar-refractivity contribution is 0.171. The van der Waals surface area contributed by atoms with Crippen molar-refractivity contribution in [2.75, 3.05) is 26.4 Å². The van der Waals surface area contributed by atoms with Gasteiger partial charge in [-0.05, 0) is 30.2 Å². The zero-order valence-corrected chi connectivity index (χ0v) is 13.5. The van der Waals surface area contributed by atoms with Crippen LogP contribution in [0.15, 0.2) is 18.2 Å². The van der Waals surface area contributed by atoms with Gasteiger partial charge in [-0.3, -0.25) is 4.90 Å². The standard InChI is InChI=1S/C17H28N2O2/c1-4-13(5-2)11-19(6-3)15(10-18)14-7-8-16-17(9-14)21-12-20-16/h7-9,13,15H,4-6,10-12,18H2,1-3H3. The summed E-state index contributed by atoms with van der Waals surface area (Å²) in [4.78, 5) is 2.48. The number of fused-ring (bicyclic) bond motifs is 1. The first-order valence-electron chi connectivity index (χ1n) is 8.07. The average Bonchev–Trinajstić information content (AvgIpc) is 2.99. The molecule has 2 rings (SSSR count). The molecule has 1 aromatic carbocycles. The highest BCUT2D eigenvalue weighted by molar-refractivity contribution is 5.45. The second-order valence-corrected chi connectivity index (χ2v) is 5.63. The summed E-state index contributed by atoms with van der Waals surface area (Å²) in [6, 6.07) is 6.42. The van der Waals surface area contributed by atoms with Gasteiger partial charge in [-0.25, -0.2) is 0 Å². The molecule has 0 saturated heterocycles. The zero-order valence-electron chi connectivity index (χ0n) is 13.5. The summed E-state index contributed by atoms with van der Waals surface area (Å²) in [6.45, 7) is 9.77. The number of hydrogen-bond acceptors (Lipinski definition) is 4. The molecule has 1 aliphatic rings. The number of hydrogen-bond donors (Lipinski definition) is 1. The molecular formula is C17H28N2O2. The maximum absolute atomic E-state index is 6.07. The van der Waals surface area contributed by atoms with Gasteiger partial charge >= 0.3 is 0 Å². The Hall–Kier alpha value is -1.26. The fraction of sp³-hybridized carbons (Fsp3) is 0.647. The van der Waals surface area contributed by atoms with Gasteiger partial charge in [0, 0.05) is 19.1 Å². The minimum atomic E-state index is 0.241. The lowest BCUT2D eigenvalue weighted by Crippen LogP contribution is -2.37. The van der Waals surface area contributed by atoms with E-state index >= 15 is 0 Å². The summed E-state index contributed by atoms with van der Waals surface area (Å²) < 4.78 is 10.9. The predicted octanol–water partition coefficient (Wildman–Crippen LogP) is 3.17. The van der Waals surface area contributed by atoms with Crippen LogP contribution in [0.25, 0.3) is 0 Å². The monoisotopic (exact) mass is 292 g/mol. The van der Waals surface area contributed by atoms with Crippen molar-refractivity contribution in [1.29, 1.82) is 0 Å². The van der Waals surface area contributed by atoms with Crippen molar-refractivity contribution in [3.05, 3.63) is 23.8 Å². The molecule has 2 N–H and O–H groups in total. The maximum Gasteiger partial charge on any atom is 0.231 e. The Kier molecular flexibility index (Phi) is 5.88. The quantitative estimate of drug-likeness (QED) is 0.799. The number of rotatable bonds is 8. The van der Waals surface area contributed by atoms with Crippen LogP contribution in [0.4, 0.5) is 0 Å². The van der Waals surface area contributed by atoms with E-state index in [1.165, 1.54) is 18.4 Å². The topological polar surface area (TPSA) is 47.7 Å². The molecule has 1 aliphatic heterocycles. The lowest BCUT2D eigenvalue weighted by Gasteiger charge is -2.33. The lowest BCUT2D eigenvalue weighted by atomic mass is 9.99. The normalized spacial score (nSPS) is 15.0. The molecule has 118 valence electrons. The molecule has 1 unspecified atom stereocenters. The molecule has 1 heterocycles. The first-order valence-corrected chi connectivity index (χ1v) is 8.07. The summed E-state index contributed by atoms with van der Waals surface area (Å²) in [5.41, 5.74) is 7.29. The van der Waals surface area contributed by atoms with Crippen LogP contribution in [-0.2, 0) is 0 Å². The SMILES string of the molecule is CCC(CC)CN(CC)C(CN)c1ccc2c(c1)OCO2. The zero-order chi connectivity index (χ0) is 15.2. The van der Waals surface area contributed by atoms with Gasteiger partial charge < -0.3 is 15.2 Å². The van der Waals surface area contributed by atoms with Gasteiger partial charge in [-0.1, -0.05) is 39.7 Å². The molecule has 4 nitrogen and oxygen atoms in total. The van der Waals surface area contributed by atoms with Crippen molar-refractivity contribution in [1.82, 2.24) is 4.90 Å². The smallest absolute Gasteiger partial charge is 0.231 e. The highest BCUT2D eigenvalue weighted by atomic mass is 16.7. The fourth-order valence-electron chi connectivity index (χ4n) is 2.97. The number of ether oxygens (including phenoxy) is 2. The van der Waals surface area contributed by atoms with E-state index < -0.39 is 0 Å². The largest absolute Gasteiger partial charge is 0.454 e. The molecule has 0 spiro atoms. The molecule has 0 aliphatic carbocycles. The minimum absolute atomic E-state index is 0.241. The average molecular weight is 292 g/mol. The van der Waals surface area contributed by atoms with Crippen molar-refractivity contribution in [2.24, 2.45) is 11.7 Å². The van der Waals surface area contributed by atoms with Crippen molar-refractivity contribution >= 4 is 0 Å². The second-order valence-electron chi connectivity index (χ2n) is 5.63. The third kappa shape index (κ3) is 3.69. The molecule has 0 aromatic heterocycles. The molecular weight excluding hydrogens is 264 g/mol. The van der Waals surface area contributed by atoms with E-state index in [-0.39, 0.29) is 6.04 Å². The molecule has 4 heteroatoms. The van der Waals surface area contributed by atoms with E-state index in [2.05, 4.69) is 37.8 Å². The molecule has 0 saturated carbocycles. The highest BCUT2D eigenvalue weighted by Crippen LogP contribution is 2.35. The predicted molar refractivity (Wildman–Crippen MR) is 85.7 cm³/mol. The van der Waals surface area contributed by atoms with Crippen LogP contribution in [-0.4, -0.2) is 31.3 Å². The molecule has 1 atom stereocenters. The van der Waals surface area contributed by atoms with E-state index in [0.717, 1.165) is 30.5 Å². The Morgan fingerprint density at radius 3 is 2.48 bits per heavy atom. The summed E-state index contributed by atoms with van der Waals surface area (Å²) in [6.07, 6.45) is 2.43. The number of nitrogens with two attached hydrogens (primary N) is 1. The Morgan fingerprint density at radius 1 is 1.14 bits per heavy atom. The van der Waals surface area contributed by atoms with Crippen LogP contribution in [0, 0.1) is 5.92 Å². The van der Waals surface area contributed by atoms with Crippen molar-refractivity contribution in [3.63, 3.8) is 0 Å². The molecule has 1 aromatic rings. The van der Waals surface area contributed by atoms with Gasteiger partial charge in [0.2, 0.25) is 6.79 Å². The summed E-state index contributed by atoms with van der Waals surface area (Å²) in [5.74, 6) is 2.40. The van der Waals surface area contributed by atoms with Crippen molar-refractivity contribution < 1.29 is 9.47 Å². The van der Waals surface area contributed by atoms with Crippen LogP contribution >= 0.6 is 0 Å². The Labute approximate surface area is 128 Å². The van der Waals surface area contributed by atoms with Crippen LogP contribution in [0.1, 0.15) is 45.2 Å². The molecule has 0 fully saturated rings. The van der Waals surface area contributed by atoms with E-state index in [1.807, 2.05) is 6.07 Å². The molecule has 0 radical (unpaired) electrons. The van der Waals surface area contributed by atoms with Gasteiger partial charge in [0.15, 0.2) is 11.5 Å². The Balaban J connectivity index is 2.16. The Morgan fingerprint density at radius 2 is 1.86 bits per heavy atom. The van der Waals surface area contributed by atoms with E-state index in [1.54, 1.807) is 0 Å². The summed E-state index contributed by atoms with van der Waals surface area (Å²) in [7, 11) is 0. The van der Waals surface area contributed by atoms with E-state index in [9.17, 15) is 0 Å². The Bertz CT molecular complexity index is 446. The summed E-state index contributed by atoms with van der Waals surface area (Å²) in [5, 5.41) is 0. The van der Waals surface area contributed by atoms with Crippen LogP contribution in [0.3, 0.4) is 0 Å². The van der Waals surface area contributed by atoms with Gasteiger partial charge in [-0.2, -0.15) is 0 Å². The van der Waals surface area contributed by atoms with E-state index in [0.29, 0.717) is 13.3 Å². The van der Waals surface area contributed by atoms with Crippen LogP contribution in [0.5, 0.6) is 11.5 Å². The number of likely N-dealkylation sites (N-methyl/N-ethyl adjacent to an activating group) is 1. The van der Waals surface area contributed by atoms with Crippen LogP contribution in [0.2, 0.25) is 0 Å². The summed E-state index contributed by atoms with van der Waals surface area (Å²) >= 11 is 0. The molecule has 0 bridgehead atoms. The van der Waals surface area contributed by atoms with Gasteiger partial charge in [0.05, 0.1) is 0 Å². The van der Waals surface area contributed by atoms with Gasteiger partial charge in [0.25, 0.3) is 0 Å². The third-order valence-electron chi connectivity index (χ3n) is 4.50. The van der Waals surface area contributed by atoms with E-state index in [4.69, 9.17) is 15.2 Å². The fourth-order valence-corrected chi connectivity index (χ4v) is 2.97. The third-order valence-corrected chi connectivity index (χ3v) is 4.50. The van der Waals surface area contributed by atoms with Crippen molar-refractivity contribution in [3.8, 4) is 11.5 Å². The minimum Gasteiger partial charge on any atom is -0.454 e. The number of benzene rings is 1. The maximum atomic E-state index is 6.07. The second kappa shape index (κ2) is 7.66. The highest BCUT2D eigenvalue weighted by Gasteiger charge is 2.22. The van der Waals surface area contributed by atoms with Gasteiger partial charge in [0.1, 0.15) is 0 Å².